The van der Waals surface area contributed by atoms with Crippen molar-refractivity contribution in [2.45, 2.75) is 25.8 Å². The molecule has 0 bridgehead atoms. The van der Waals surface area contributed by atoms with Crippen LogP contribution in [-0.2, 0) is 0 Å². The summed E-state index contributed by atoms with van der Waals surface area (Å²) in [6.07, 6.45) is 2.21. The zero-order chi connectivity index (χ0) is 15.2. The van der Waals surface area contributed by atoms with Gasteiger partial charge in [0.15, 0.2) is 5.78 Å². The number of methoxy groups -OCH3 is 1. The Kier molecular flexibility index (Phi) is 5.76. The van der Waals surface area contributed by atoms with Crippen LogP contribution in [0.2, 0.25) is 0 Å². The number of ether oxygens (including phenoxy) is 1. The molecule has 0 amide bonds. The third-order valence-corrected chi connectivity index (χ3v) is 4.25. The molecule has 0 saturated carbocycles. The lowest BCUT2D eigenvalue weighted by molar-refractivity contribution is 0.0888. The van der Waals surface area contributed by atoms with E-state index < -0.39 is 0 Å². The summed E-state index contributed by atoms with van der Waals surface area (Å²) in [7, 11) is 3.80. The van der Waals surface area contributed by atoms with E-state index in [-0.39, 0.29) is 5.78 Å². The largest absolute Gasteiger partial charge is 0.497 e. The number of rotatable bonds is 5. The third-order valence-electron chi connectivity index (χ3n) is 4.25. The van der Waals surface area contributed by atoms with Crippen molar-refractivity contribution in [1.82, 2.24) is 9.80 Å². The number of hydrogen-bond acceptors (Lipinski definition) is 4. The number of ketones is 1. The Balaban J connectivity index is 2.02. The van der Waals surface area contributed by atoms with Crippen LogP contribution in [0.3, 0.4) is 0 Å². The van der Waals surface area contributed by atoms with Crippen LogP contribution in [-0.4, -0.2) is 62.0 Å². The Bertz CT molecular complexity index is 458. The van der Waals surface area contributed by atoms with Crippen molar-refractivity contribution < 1.29 is 9.53 Å². The van der Waals surface area contributed by atoms with Gasteiger partial charge in [-0.05, 0) is 50.7 Å². The molecule has 1 aromatic rings. The summed E-state index contributed by atoms with van der Waals surface area (Å²) in [5.74, 6) is 0.982. The summed E-state index contributed by atoms with van der Waals surface area (Å²) in [5, 5.41) is 0. The van der Waals surface area contributed by atoms with Crippen LogP contribution in [0.1, 0.15) is 30.1 Å². The molecule has 1 heterocycles. The van der Waals surface area contributed by atoms with Gasteiger partial charge < -0.3 is 9.64 Å². The molecule has 116 valence electrons. The summed E-state index contributed by atoms with van der Waals surface area (Å²) in [6, 6.07) is 7.87. The lowest BCUT2D eigenvalue weighted by Gasteiger charge is -2.29. The topological polar surface area (TPSA) is 32.8 Å². The minimum Gasteiger partial charge on any atom is -0.497 e. The molecule has 1 aliphatic rings. The van der Waals surface area contributed by atoms with Crippen LogP contribution in [0.25, 0.3) is 0 Å². The summed E-state index contributed by atoms with van der Waals surface area (Å²) < 4.78 is 5.13. The monoisotopic (exact) mass is 290 g/mol. The first-order valence-corrected chi connectivity index (χ1v) is 7.74. The van der Waals surface area contributed by atoms with Gasteiger partial charge in [0.25, 0.3) is 0 Å². The summed E-state index contributed by atoms with van der Waals surface area (Å²) in [4.78, 5) is 17.2. The fourth-order valence-electron chi connectivity index (χ4n) is 2.94. The first-order valence-electron chi connectivity index (χ1n) is 7.74. The number of nitrogens with zero attached hydrogens (tertiary/aromatic N) is 2. The van der Waals surface area contributed by atoms with Crippen molar-refractivity contribution in [3.63, 3.8) is 0 Å². The molecule has 1 atom stereocenters. The number of likely N-dealkylation sites (N-methyl/N-ethyl adjacent to an activating group) is 1. The maximum atomic E-state index is 12.5. The van der Waals surface area contributed by atoms with Crippen molar-refractivity contribution in [3.05, 3.63) is 29.8 Å². The second-order valence-electron chi connectivity index (χ2n) is 5.80. The molecule has 1 aromatic carbocycles. The van der Waals surface area contributed by atoms with Gasteiger partial charge in [-0.2, -0.15) is 0 Å². The predicted molar refractivity (Wildman–Crippen MR) is 85.1 cm³/mol. The SMILES string of the molecule is CCC1CN(C)CCCN1CC(=O)c1ccc(OC)cc1. The van der Waals surface area contributed by atoms with Crippen molar-refractivity contribution in [2.24, 2.45) is 0 Å². The van der Waals surface area contributed by atoms with Crippen LogP contribution in [0.15, 0.2) is 24.3 Å². The average Bonchev–Trinajstić information content (AvgIpc) is 2.68. The standard InChI is InChI=1S/C17H26N2O2/c1-4-15-12-18(2)10-5-11-19(15)13-17(20)14-6-8-16(21-3)9-7-14/h6-9,15H,4-5,10-13H2,1-3H3. The highest BCUT2D eigenvalue weighted by atomic mass is 16.5. The Morgan fingerprint density at radius 1 is 1.29 bits per heavy atom. The number of benzene rings is 1. The fraction of sp³-hybridized carbons (Fsp3) is 0.588. The van der Waals surface area contributed by atoms with Crippen molar-refractivity contribution >= 4 is 5.78 Å². The normalized spacial score (nSPS) is 21.0. The van der Waals surface area contributed by atoms with Crippen molar-refractivity contribution in [2.75, 3.05) is 40.3 Å². The fourth-order valence-corrected chi connectivity index (χ4v) is 2.94. The minimum absolute atomic E-state index is 0.195. The first kappa shape index (κ1) is 16.0. The molecule has 4 heteroatoms. The maximum absolute atomic E-state index is 12.5. The predicted octanol–water partition coefficient (Wildman–Crippen LogP) is 2.29. The lowest BCUT2D eigenvalue weighted by atomic mass is 10.1. The van der Waals surface area contributed by atoms with E-state index in [1.54, 1.807) is 7.11 Å². The second-order valence-corrected chi connectivity index (χ2v) is 5.80. The number of carbonyl (C=O) groups excluding carboxylic acids is 1. The molecule has 2 rings (SSSR count). The van der Waals surface area contributed by atoms with Crippen molar-refractivity contribution in [3.8, 4) is 5.75 Å². The molecule has 0 radical (unpaired) electrons. The van der Waals surface area contributed by atoms with Gasteiger partial charge in [-0.3, -0.25) is 9.69 Å². The van der Waals surface area contributed by atoms with Crippen LogP contribution in [0, 0.1) is 0 Å². The molecule has 0 N–H and O–H groups in total. The molecule has 0 aliphatic carbocycles. The van der Waals surface area contributed by atoms with E-state index in [9.17, 15) is 4.79 Å². The van der Waals surface area contributed by atoms with E-state index in [4.69, 9.17) is 4.74 Å². The van der Waals surface area contributed by atoms with Crippen LogP contribution in [0.5, 0.6) is 5.75 Å². The third kappa shape index (κ3) is 4.29. The van der Waals surface area contributed by atoms with Crippen molar-refractivity contribution in [1.29, 1.82) is 0 Å². The first-order chi connectivity index (χ1) is 10.1. The van der Waals surface area contributed by atoms with E-state index in [2.05, 4.69) is 23.8 Å². The van der Waals surface area contributed by atoms with Crippen LogP contribution >= 0.6 is 0 Å². The van der Waals surface area contributed by atoms with Gasteiger partial charge in [-0.15, -0.1) is 0 Å². The molecule has 21 heavy (non-hydrogen) atoms. The maximum Gasteiger partial charge on any atom is 0.176 e. The Hall–Kier alpha value is -1.39. The van der Waals surface area contributed by atoms with Gasteiger partial charge in [0.2, 0.25) is 0 Å². The number of Topliss-reactive ketones (excluding diaryl/α,β-unsaturated/α-hetero) is 1. The van der Waals surface area contributed by atoms with E-state index in [1.165, 1.54) is 0 Å². The molecule has 0 aromatic heterocycles. The molecular formula is C17H26N2O2. The Morgan fingerprint density at radius 2 is 2.00 bits per heavy atom. The van der Waals surface area contributed by atoms with Gasteiger partial charge in [0.05, 0.1) is 13.7 Å². The van der Waals surface area contributed by atoms with E-state index in [0.29, 0.717) is 12.6 Å². The highest BCUT2D eigenvalue weighted by Crippen LogP contribution is 2.15. The molecule has 1 saturated heterocycles. The summed E-state index contributed by atoms with van der Waals surface area (Å²) in [5.41, 5.74) is 0.767. The van der Waals surface area contributed by atoms with Gasteiger partial charge in [-0.1, -0.05) is 6.92 Å². The van der Waals surface area contributed by atoms with Crippen LogP contribution < -0.4 is 4.74 Å². The van der Waals surface area contributed by atoms with Gasteiger partial charge in [0.1, 0.15) is 5.75 Å². The van der Waals surface area contributed by atoms with Crippen LogP contribution in [0.4, 0.5) is 0 Å². The molecule has 1 unspecified atom stereocenters. The smallest absolute Gasteiger partial charge is 0.176 e. The molecular weight excluding hydrogens is 264 g/mol. The molecule has 4 nitrogen and oxygen atoms in total. The number of carbonyl (C=O) groups is 1. The highest BCUT2D eigenvalue weighted by molar-refractivity contribution is 5.97. The lowest BCUT2D eigenvalue weighted by Crippen LogP contribution is -2.42. The zero-order valence-electron chi connectivity index (χ0n) is 13.3. The summed E-state index contributed by atoms with van der Waals surface area (Å²) in [6.45, 7) is 5.88. The van der Waals surface area contributed by atoms with E-state index >= 15 is 0 Å². The molecule has 0 spiro atoms. The molecule has 1 aliphatic heterocycles. The quantitative estimate of drug-likeness (QED) is 0.779. The second kappa shape index (κ2) is 7.57. The number of hydrogen-bond donors (Lipinski definition) is 0. The molecule has 1 fully saturated rings. The average molecular weight is 290 g/mol. The van der Waals surface area contributed by atoms with Gasteiger partial charge >= 0.3 is 0 Å². The summed E-state index contributed by atoms with van der Waals surface area (Å²) >= 11 is 0. The van der Waals surface area contributed by atoms with Gasteiger partial charge in [0, 0.05) is 24.7 Å². The highest BCUT2D eigenvalue weighted by Gasteiger charge is 2.24. The van der Waals surface area contributed by atoms with E-state index in [1.807, 2.05) is 24.3 Å². The van der Waals surface area contributed by atoms with Gasteiger partial charge in [-0.25, -0.2) is 0 Å². The zero-order valence-corrected chi connectivity index (χ0v) is 13.3. The Morgan fingerprint density at radius 3 is 2.62 bits per heavy atom. The Labute approximate surface area is 127 Å². The van der Waals surface area contributed by atoms with E-state index in [0.717, 1.165) is 43.8 Å². The minimum atomic E-state index is 0.195.